The van der Waals surface area contributed by atoms with Crippen LogP contribution >= 0.6 is 27.3 Å². The summed E-state index contributed by atoms with van der Waals surface area (Å²) < 4.78 is 6.80. The summed E-state index contributed by atoms with van der Waals surface area (Å²) in [4.78, 5) is 2.40. The van der Waals surface area contributed by atoms with E-state index in [0.29, 0.717) is 0 Å². The van der Waals surface area contributed by atoms with E-state index in [0.717, 1.165) is 39.3 Å². The van der Waals surface area contributed by atoms with Crippen molar-refractivity contribution < 1.29 is 4.74 Å². The lowest BCUT2D eigenvalue weighted by Gasteiger charge is -2.32. The lowest BCUT2D eigenvalue weighted by molar-refractivity contribution is 0.118. The van der Waals surface area contributed by atoms with Gasteiger partial charge in [-0.1, -0.05) is 0 Å². The minimum atomic E-state index is 0.288. The highest BCUT2D eigenvalue weighted by molar-refractivity contribution is 9.11. The zero-order valence-electron chi connectivity index (χ0n) is 11.0. The Morgan fingerprint density at radius 3 is 3.00 bits per heavy atom. The summed E-state index contributed by atoms with van der Waals surface area (Å²) in [7, 11) is 4.22. The largest absolute Gasteiger partial charge is 0.381 e. The fourth-order valence-electron chi connectivity index (χ4n) is 2.71. The second-order valence-electron chi connectivity index (χ2n) is 5.26. The highest BCUT2D eigenvalue weighted by atomic mass is 79.9. The first-order valence-corrected chi connectivity index (χ1v) is 7.95. The monoisotopic (exact) mass is 332 g/mol. The second-order valence-corrected chi connectivity index (χ2v) is 7.55. The van der Waals surface area contributed by atoms with Gasteiger partial charge >= 0.3 is 0 Å². The van der Waals surface area contributed by atoms with E-state index in [9.17, 15) is 0 Å². The highest BCUT2D eigenvalue weighted by Crippen LogP contribution is 2.29. The smallest absolute Gasteiger partial charge is 0.0701 e. The van der Waals surface area contributed by atoms with Crippen LogP contribution in [0.3, 0.4) is 0 Å². The molecule has 2 rings (SSSR count). The third-order valence-corrected chi connectivity index (χ3v) is 4.97. The summed E-state index contributed by atoms with van der Waals surface area (Å²) in [6.07, 6.45) is 1.16. The fourth-order valence-corrected chi connectivity index (χ4v) is 3.91. The van der Waals surface area contributed by atoms with Crippen LogP contribution in [0.1, 0.15) is 12.0 Å². The molecular weight excluding hydrogens is 312 g/mol. The maximum atomic E-state index is 5.60. The maximum absolute atomic E-state index is 5.60. The Morgan fingerprint density at radius 1 is 1.61 bits per heavy atom. The molecule has 1 aliphatic rings. The van der Waals surface area contributed by atoms with Crippen LogP contribution in [-0.2, 0) is 11.3 Å². The predicted octanol–water partition coefficient (Wildman–Crippen LogP) is 2.57. The zero-order chi connectivity index (χ0) is 13.0. The molecule has 1 unspecified atom stereocenters. The maximum Gasteiger partial charge on any atom is 0.0701 e. The van der Waals surface area contributed by atoms with Crippen LogP contribution < -0.4 is 5.32 Å². The summed E-state index contributed by atoms with van der Waals surface area (Å²) in [5.41, 5.74) is 1.67. The van der Waals surface area contributed by atoms with Crippen LogP contribution in [0, 0.1) is 5.41 Å². The average molecular weight is 333 g/mol. The third kappa shape index (κ3) is 3.78. The second kappa shape index (κ2) is 6.48. The molecule has 5 heteroatoms. The number of hydrogen-bond acceptors (Lipinski definition) is 4. The van der Waals surface area contributed by atoms with E-state index in [1.807, 2.05) is 7.05 Å². The zero-order valence-corrected chi connectivity index (χ0v) is 13.4. The van der Waals surface area contributed by atoms with E-state index < -0.39 is 0 Å². The Hall–Kier alpha value is 0.0600. The van der Waals surface area contributed by atoms with Crippen LogP contribution in [0.2, 0.25) is 0 Å². The standard InChI is InChI=1S/C13H21BrN2OS/c1-15-8-13(3-4-17-10-13)9-16(2)6-11-5-12(14)18-7-11/h5,7,15H,3-4,6,8-10H2,1-2H3. The van der Waals surface area contributed by atoms with E-state index in [4.69, 9.17) is 4.74 Å². The lowest BCUT2D eigenvalue weighted by Crippen LogP contribution is -2.42. The van der Waals surface area contributed by atoms with Crippen LogP contribution in [0.15, 0.2) is 15.2 Å². The van der Waals surface area contributed by atoms with Crippen LogP contribution in [0.4, 0.5) is 0 Å². The third-order valence-electron chi connectivity index (χ3n) is 3.42. The topological polar surface area (TPSA) is 24.5 Å². The number of hydrogen-bond donors (Lipinski definition) is 1. The van der Waals surface area contributed by atoms with Crippen molar-refractivity contribution in [2.45, 2.75) is 13.0 Å². The van der Waals surface area contributed by atoms with Crippen molar-refractivity contribution in [3.8, 4) is 0 Å². The van der Waals surface area contributed by atoms with Gasteiger partial charge in [0.25, 0.3) is 0 Å². The van der Waals surface area contributed by atoms with Gasteiger partial charge < -0.3 is 15.0 Å². The van der Waals surface area contributed by atoms with E-state index in [2.05, 4.69) is 44.6 Å². The molecule has 0 amide bonds. The molecule has 1 aromatic rings. The molecule has 1 saturated heterocycles. The Morgan fingerprint density at radius 2 is 2.44 bits per heavy atom. The van der Waals surface area contributed by atoms with Gasteiger partial charge in [-0.3, -0.25) is 0 Å². The average Bonchev–Trinajstić information content (AvgIpc) is 2.89. The summed E-state index contributed by atoms with van der Waals surface area (Å²) in [5.74, 6) is 0. The van der Waals surface area contributed by atoms with Crippen molar-refractivity contribution >= 4 is 27.3 Å². The van der Waals surface area contributed by atoms with Crippen LogP contribution in [0.5, 0.6) is 0 Å². The van der Waals surface area contributed by atoms with Crippen molar-refractivity contribution in [3.63, 3.8) is 0 Å². The van der Waals surface area contributed by atoms with E-state index in [-0.39, 0.29) is 5.41 Å². The van der Waals surface area contributed by atoms with Gasteiger partial charge in [-0.05, 0) is 53.5 Å². The molecule has 0 bridgehead atoms. The molecule has 0 radical (unpaired) electrons. The number of nitrogens with zero attached hydrogens (tertiary/aromatic N) is 1. The summed E-state index contributed by atoms with van der Waals surface area (Å²) >= 11 is 5.27. The highest BCUT2D eigenvalue weighted by Gasteiger charge is 2.35. The van der Waals surface area contributed by atoms with Gasteiger partial charge in [0.1, 0.15) is 0 Å². The van der Waals surface area contributed by atoms with Crippen molar-refractivity contribution in [2.75, 3.05) is 40.4 Å². The van der Waals surface area contributed by atoms with E-state index in [1.165, 1.54) is 9.35 Å². The Kier molecular flexibility index (Phi) is 5.21. The first kappa shape index (κ1) is 14.5. The molecule has 1 N–H and O–H groups in total. The molecule has 102 valence electrons. The molecule has 1 aliphatic heterocycles. The predicted molar refractivity (Wildman–Crippen MR) is 80.1 cm³/mol. The van der Waals surface area contributed by atoms with Crippen molar-refractivity contribution in [1.82, 2.24) is 10.2 Å². The normalized spacial score (nSPS) is 24.0. The molecular formula is C13H21BrN2OS. The van der Waals surface area contributed by atoms with E-state index >= 15 is 0 Å². The molecule has 1 fully saturated rings. The van der Waals surface area contributed by atoms with E-state index in [1.54, 1.807) is 11.3 Å². The number of halogens is 1. The number of ether oxygens (including phenoxy) is 1. The summed E-state index contributed by atoms with van der Waals surface area (Å²) in [6.45, 7) is 4.91. The Balaban J connectivity index is 1.90. The number of nitrogens with one attached hydrogen (secondary N) is 1. The molecule has 2 heterocycles. The molecule has 0 saturated carbocycles. The molecule has 0 spiro atoms. The quantitative estimate of drug-likeness (QED) is 0.866. The minimum Gasteiger partial charge on any atom is -0.381 e. The van der Waals surface area contributed by atoms with Gasteiger partial charge in [0.15, 0.2) is 0 Å². The van der Waals surface area contributed by atoms with Crippen molar-refractivity contribution in [3.05, 3.63) is 20.8 Å². The van der Waals surface area contributed by atoms with Crippen LogP contribution in [-0.4, -0.2) is 45.3 Å². The fraction of sp³-hybridized carbons (Fsp3) is 0.692. The molecule has 0 aromatic carbocycles. The first-order chi connectivity index (χ1) is 8.63. The van der Waals surface area contributed by atoms with Crippen molar-refractivity contribution in [2.24, 2.45) is 5.41 Å². The van der Waals surface area contributed by atoms with Gasteiger partial charge in [0.05, 0.1) is 10.4 Å². The Bertz CT molecular complexity index is 377. The minimum absolute atomic E-state index is 0.288. The number of rotatable bonds is 6. The molecule has 18 heavy (non-hydrogen) atoms. The van der Waals surface area contributed by atoms with Gasteiger partial charge in [-0.25, -0.2) is 0 Å². The Labute approximate surface area is 122 Å². The molecule has 1 aromatic heterocycles. The van der Waals surface area contributed by atoms with Gasteiger partial charge in [-0.2, -0.15) is 0 Å². The summed E-state index contributed by atoms with van der Waals surface area (Å²) in [6, 6.07) is 2.21. The summed E-state index contributed by atoms with van der Waals surface area (Å²) in [5, 5.41) is 5.53. The SMILES string of the molecule is CNCC1(CN(C)Cc2csc(Br)c2)CCOC1. The van der Waals surface area contributed by atoms with Crippen molar-refractivity contribution in [1.29, 1.82) is 0 Å². The first-order valence-electron chi connectivity index (χ1n) is 6.27. The molecule has 3 nitrogen and oxygen atoms in total. The molecule has 0 aliphatic carbocycles. The van der Waals surface area contributed by atoms with Gasteiger partial charge in [0.2, 0.25) is 0 Å². The van der Waals surface area contributed by atoms with Gasteiger partial charge in [0, 0.05) is 31.7 Å². The van der Waals surface area contributed by atoms with Gasteiger partial charge in [-0.15, -0.1) is 11.3 Å². The number of thiophene rings is 1. The lowest BCUT2D eigenvalue weighted by atomic mass is 9.86. The van der Waals surface area contributed by atoms with Crippen LogP contribution in [0.25, 0.3) is 0 Å². The molecule has 1 atom stereocenters.